The molecule has 0 aliphatic rings. The first-order valence-electron chi connectivity index (χ1n) is 12.9. The normalized spacial score (nSPS) is 11.9. The summed E-state index contributed by atoms with van der Waals surface area (Å²) in [5, 5.41) is 2.93. The van der Waals surface area contributed by atoms with Crippen molar-refractivity contribution in [2.45, 2.75) is 38.9 Å². The maximum atomic E-state index is 14.1. The van der Waals surface area contributed by atoms with Crippen LogP contribution in [-0.4, -0.2) is 64.2 Å². The van der Waals surface area contributed by atoms with Crippen LogP contribution in [0.4, 0.5) is 5.69 Å². The predicted molar refractivity (Wildman–Crippen MR) is 156 cm³/mol. The molecule has 0 aliphatic carbocycles. The van der Waals surface area contributed by atoms with Gasteiger partial charge < -0.3 is 19.7 Å². The number of sulfonamides is 1. The molecule has 0 saturated carbocycles. The number of benzene rings is 3. The number of nitrogens with one attached hydrogen (secondary N) is 1. The highest BCUT2D eigenvalue weighted by molar-refractivity contribution is 7.92. The Morgan fingerprint density at radius 1 is 0.850 bits per heavy atom. The second kappa shape index (κ2) is 13.8. The van der Waals surface area contributed by atoms with Gasteiger partial charge in [0.1, 0.15) is 12.6 Å². The zero-order chi connectivity index (χ0) is 29.3. The standard InChI is InChI=1S/C30H37N3O6S/c1-22(2)31-30(35)26(18-23-12-8-6-9-13-23)32(20-24-14-10-7-11-15-24)29(34)21-33(40(5,36)37)25-16-17-27(38-3)28(19-25)39-4/h6-17,19,22,26H,18,20-21H2,1-5H3,(H,31,35)/t26-/m0/s1. The van der Waals surface area contributed by atoms with Gasteiger partial charge in [-0.15, -0.1) is 0 Å². The zero-order valence-corrected chi connectivity index (χ0v) is 24.4. The van der Waals surface area contributed by atoms with Crippen molar-refractivity contribution in [3.63, 3.8) is 0 Å². The summed E-state index contributed by atoms with van der Waals surface area (Å²) >= 11 is 0. The smallest absolute Gasteiger partial charge is 0.244 e. The molecule has 1 N–H and O–H groups in total. The molecule has 9 nitrogen and oxygen atoms in total. The Morgan fingerprint density at radius 2 is 1.43 bits per heavy atom. The summed E-state index contributed by atoms with van der Waals surface area (Å²) in [5.74, 6) is -0.102. The largest absolute Gasteiger partial charge is 0.493 e. The number of hydrogen-bond acceptors (Lipinski definition) is 6. The van der Waals surface area contributed by atoms with E-state index in [0.29, 0.717) is 11.5 Å². The fourth-order valence-electron chi connectivity index (χ4n) is 4.31. The third-order valence-electron chi connectivity index (χ3n) is 6.23. The van der Waals surface area contributed by atoms with Crippen LogP contribution in [0, 0.1) is 0 Å². The lowest BCUT2D eigenvalue weighted by molar-refractivity contribution is -0.140. The van der Waals surface area contributed by atoms with Crippen LogP contribution < -0.4 is 19.1 Å². The molecule has 0 radical (unpaired) electrons. The number of anilines is 1. The monoisotopic (exact) mass is 567 g/mol. The number of ether oxygens (including phenoxy) is 2. The molecule has 2 amide bonds. The molecule has 0 unspecified atom stereocenters. The molecule has 40 heavy (non-hydrogen) atoms. The average Bonchev–Trinajstić information content (AvgIpc) is 2.93. The molecule has 1 atom stereocenters. The van der Waals surface area contributed by atoms with E-state index in [0.717, 1.165) is 21.7 Å². The maximum Gasteiger partial charge on any atom is 0.244 e. The lowest BCUT2D eigenvalue weighted by atomic mass is 10.0. The summed E-state index contributed by atoms with van der Waals surface area (Å²) in [6.07, 6.45) is 1.29. The van der Waals surface area contributed by atoms with E-state index in [-0.39, 0.29) is 30.6 Å². The molecular formula is C30H37N3O6S. The molecule has 10 heteroatoms. The average molecular weight is 568 g/mol. The minimum atomic E-state index is -3.90. The van der Waals surface area contributed by atoms with Gasteiger partial charge in [0.2, 0.25) is 21.8 Å². The van der Waals surface area contributed by atoms with Crippen molar-refractivity contribution in [2.75, 3.05) is 31.3 Å². The quantitative estimate of drug-likeness (QED) is 0.338. The number of amides is 2. The number of carbonyl (C=O) groups excluding carboxylic acids is 2. The molecule has 0 spiro atoms. The maximum absolute atomic E-state index is 14.1. The van der Waals surface area contributed by atoms with Crippen LogP contribution in [0.25, 0.3) is 0 Å². The molecule has 0 aliphatic heterocycles. The minimum Gasteiger partial charge on any atom is -0.493 e. The molecule has 3 rings (SSSR count). The van der Waals surface area contributed by atoms with E-state index in [9.17, 15) is 18.0 Å². The predicted octanol–water partition coefficient (Wildman–Crippen LogP) is 3.63. The van der Waals surface area contributed by atoms with Crippen LogP contribution >= 0.6 is 0 Å². The Balaban J connectivity index is 2.05. The first-order valence-corrected chi connectivity index (χ1v) is 14.8. The van der Waals surface area contributed by atoms with Crippen LogP contribution in [0.3, 0.4) is 0 Å². The Bertz CT molecular complexity index is 1380. The Morgan fingerprint density at radius 3 is 1.95 bits per heavy atom. The summed E-state index contributed by atoms with van der Waals surface area (Å²) < 4.78 is 37.5. The lowest BCUT2D eigenvalue weighted by Crippen LogP contribution is -2.54. The summed E-state index contributed by atoms with van der Waals surface area (Å²) in [4.78, 5) is 29.1. The Labute approximate surface area is 236 Å². The van der Waals surface area contributed by atoms with Crippen LogP contribution in [0.15, 0.2) is 78.9 Å². The van der Waals surface area contributed by atoms with Gasteiger partial charge in [-0.3, -0.25) is 13.9 Å². The minimum absolute atomic E-state index is 0.117. The van der Waals surface area contributed by atoms with Crippen molar-refractivity contribution in [2.24, 2.45) is 0 Å². The SMILES string of the molecule is COc1ccc(N(CC(=O)N(Cc2ccccc2)[C@@H](Cc2ccccc2)C(=O)NC(C)C)S(C)(=O)=O)cc1OC. The first-order chi connectivity index (χ1) is 19.0. The van der Waals surface area contributed by atoms with Crippen molar-refractivity contribution in [1.29, 1.82) is 0 Å². The van der Waals surface area contributed by atoms with Crippen LogP contribution in [0.5, 0.6) is 11.5 Å². The molecule has 0 bridgehead atoms. The van der Waals surface area contributed by atoms with Crippen LogP contribution in [0.1, 0.15) is 25.0 Å². The highest BCUT2D eigenvalue weighted by Crippen LogP contribution is 2.32. The van der Waals surface area contributed by atoms with E-state index in [1.54, 1.807) is 12.1 Å². The second-order valence-corrected chi connectivity index (χ2v) is 11.6. The van der Waals surface area contributed by atoms with Crippen molar-refractivity contribution in [1.82, 2.24) is 10.2 Å². The van der Waals surface area contributed by atoms with E-state index >= 15 is 0 Å². The fourth-order valence-corrected chi connectivity index (χ4v) is 5.15. The van der Waals surface area contributed by atoms with Gasteiger partial charge in [0.05, 0.1) is 26.2 Å². The third kappa shape index (κ3) is 8.22. The molecule has 0 saturated heterocycles. The van der Waals surface area contributed by atoms with Gasteiger partial charge in [-0.1, -0.05) is 60.7 Å². The molecule has 0 heterocycles. The number of nitrogens with zero attached hydrogens (tertiary/aromatic N) is 2. The molecule has 3 aromatic carbocycles. The van der Waals surface area contributed by atoms with Crippen molar-refractivity contribution in [3.8, 4) is 11.5 Å². The van der Waals surface area contributed by atoms with Gasteiger partial charge in [0.15, 0.2) is 11.5 Å². The van der Waals surface area contributed by atoms with Crippen LogP contribution in [-0.2, 0) is 32.6 Å². The topological polar surface area (TPSA) is 105 Å². The van der Waals surface area contributed by atoms with Crippen LogP contribution in [0.2, 0.25) is 0 Å². The Hall–Kier alpha value is -4.05. The zero-order valence-electron chi connectivity index (χ0n) is 23.5. The van der Waals surface area contributed by atoms with Gasteiger partial charge in [-0.05, 0) is 37.1 Å². The van der Waals surface area contributed by atoms with Gasteiger partial charge in [-0.25, -0.2) is 8.42 Å². The number of carbonyl (C=O) groups is 2. The summed E-state index contributed by atoms with van der Waals surface area (Å²) in [7, 11) is -0.976. The van der Waals surface area contributed by atoms with E-state index in [1.807, 2.05) is 74.5 Å². The van der Waals surface area contributed by atoms with Crippen molar-refractivity contribution >= 4 is 27.5 Å². The molecule has 3 aromatic rings. The molecule has 0 fully saturated rings. The number of methoxy groups -OCH3 is 2. The number of hydrogen-bond donors (Lipinski definition) is 1. The summed E-state index contributed by atoms with van der Waals surface area (Å²) in [6, 6.07) is 22.3. The third-order valence-corrected chi connectivity index (χ3v) is 7.37. The van der Waals surface area contributed by atoms with Gasteiger partial charge in [-0.2, -0.15) is 0 Å². The van der Waals surface area contributed by atoms with E-state index < -0.39 is 28.5 Å². The highest BCUT2D eigenvalue weighted by Gasteiger charge is 2.33. The number of rotatable bonds is 13. The van der Waals surface area contributed by atoms with E-state index in [2.05, 4.69) is 5.32 Å². The lowest BCUT2D eigenvalue weighted by Gasteiger charge is -2.34. The van der Waals surface area contributed by atoms with Gasteiger partial charge in [0, 0.05) is 25.1 Å². The second-order valence-electron chi connectivity index (χ2n) is 9.68. The summed E-state index contributed by atoms with van der Waals surface area (Å²) in [6.45, 7) is 3.31. The molecular weight excluding hydrogens is 530 g/mol. The first kappa shape index (κ1) is 30.5. The molecule has 0 aromatic heterocycles. The van der Waals surface area contributed by atoms with Crippen molar-refractivity contribution < 1.29 is 27.5 Å². The van der Waals surface area contributed by atoms with Crippen molar-refractivity contribution in [3.05, 3.63) is 90.0 Å². The van der Waals surface area contributed by atoms with Gasteiger partial charge >= 0.3 is 0 Å². The molecule has 214 valence electrons. The Kier molecular flexibility index (Phi) is 10.6. The highest BCUT2D eigenvalue weighted by atomic mass is 32.2. The van der Waals surface area contributed by atoms with Gasteiger partial charge in [0.25, 0.3) is 0 Å². The summed E-state index contributed by atoms with van der Waals surface area (Å²) in [5.41, 5.74) is 1.92. The fraction of sp³-hybridized carbons (Fsp3) is 0.333. The van der Waals surface area contributed by atoms with E-state index in [1.165, 1.54) is 25.2 Å². The van der Waals surface area contributed by atoms with E-state index in [4.69, 9.17) is 9.47 Å².